The van der Waals surface area contributed by atoms with Crippen LogP contribution in [0.1, 0.15) is 18.9 Å². The second-order valence-electron chi connectivity index (χ2n) is 4.12. The Morgan fingerprint density at radius 1 is 1.26 bits per heavy atom. The van der Waals surface area contributed by atoms with Crippen molar-refractivity contribution in [2.75, 3.05) is 13.7 Å². The molecule has 0 N–H and O–H groups in total. The fourth-order valence-corrected chi connectivity index (χ4v) is 1.43. The second kappa shape index (κ2) is 8.08. The fourth-order valence-electron chi connectivity index (χ4n) is 1.43. The lowest BCUT2D eigenvalue weighted by atomic mass is 10.1. The average molecular weight is 262 g/mol. The molecule has 0 saturated carbocycles. The second-order valence-corrected chi connectivity index (χ2v) is 4.12. The lowest BCUT2D eigenvalue weighted by Crippen LogP contribution is -2.15. The summed E-state index contributed by atoms with van der Waals surface area (Å²) in [5.74, 6) is -0.979. The first-order valence-corrected chi connectivity index (χ1v) is 6.11. The van der Waals surface area contributed by atoms with E-state index in [0.717, 1.165) is 5.56 Å². The third-order valence-electron chi connectivity index (χ3n) is 2.61. The minimum Gasteiger partial charge on any atom is -0.469 e. The molecule has 0 radical (unpaired) electrons. The maximum absolute atomic E-state index is 11.4. The van der Waals surface area contributed by atoms with Crippen LogP contribution in [0.5, 0.6) is 0 Å². The van der Waals surface area contributed by atoms with Crippen LogP contribution in [0, 0.1) is 5.92 Å². The zero-order valence-corrected chi connectivity index (χ0v) is 11.2. The molecule has 4 nitrogen and oxygen atoms in total. The highest BCUT2D eigenvalue weighted by Crippen LogP contribution is 2.05. The molecule has 1 unspecified atom stereocenters. The summed E-state index contributed by atoms with van der Waals surface area (Å²) < 4.78 is 9.58. The molecule has 0 aliphatic heterocycles. The molecule has 0 spiro atoms. The van der Waals surface area contributed by atoms with Crippen LogP contribution in [0.15, 0.2) is 36.4 Å². The van der Waals surface area contributed by atoms with Gasteiger partial charge in [-0.15, -0.1) is 0 Å². The smallest absolute Gasteiger partial charge is 0.330 e. The topological polar surface area (TPSA) is 52.6 Å². The fraction of sp³-hybridized carbons (Fsp3) is 0.333. The lowest BCUT2D eigenvalue weighted by Gasteiger charge is -2.08. The van der Waals surface area contributed by atoms with Gasteiger partial charge in [0.15, 0.2) is 0 Å². The number of hydrogen-bond acceptors (Lipinski definition) is 4. The van der Waals surface area contributed by atoms with Crippen LogP contribution in [0.2, 0.25) is 0 Å². The van der Waals surface area contributed by atoms with Crippen LogP contribution in [0.4, 0.5) is 0 Å². The van der Waals surface area contributed by atoms with Crippen molar-refractivity contribution in [1.82, 2.24) is 0 Å². The van der Waals surface area contributed by atoms with E-state index in [1.807, 2.05) is 30.3 Å². The first-order valence-electron chi connectivity index (χ1n) is 6.11. The van der Waals surface area contributed by atoms with Gasteiger partial charge in [0.25, 0.3) is 0 Å². The maximum Gasteiger partial charge on any atom is 0.330 e. The van der Waals surface area contributed by atoms with Crippen molar-refractivity contribution in [3.63, 3.8) is 0 Å². The van der Waals surface area contributed by atoms with Gasteiger partial charge in [0.05, 0.1) is 19.6 Å². The molecule has 0 fully saturated rings. The van der Waals surface area contributed by atoms with Crippen LogP contribution in [0.3, 0.4) is 0 Å². The van der Waals surface area contributed by atoms with Crippen molar-refractivity contribution in [1.29, 1.82) is 0 Å². The molecule has 4 heteroatoms. The molecular weight excluding hydrogens is 244 g/mol. The van der Waals surface area contributed by atoms with E-state index in [-0.39, 0.29) is 18.5 Å². The highest BCUT2D eigenvalue weighted by atomic mass is 16.5. The van der Waals surface area contributed by atoms with Crippen molar-refractivity contribution < 1.29 is 19.1 Å². The normalized spacial score (nSPS) is 12.1. The molecule has 1 aromatic rings. The average Bonchev–Trinajstić information content (AvgIpc) is 2.45. The Kier molecular flexibility index (Phi) is 6.36. The van der Waals surface area contributed by atoms with Crippen LogP contribution in [0.25, 0.3) is 6.08 Å². The van der Waals surface area contributed by atoms with Crippen molar-refractivity contribution >= 4 is 18.0 Å². The summed E-state index contributed by atoms with van der Waals surface area (Å²) in [5.41, 5.74) is 0.933. The van der Waals surface area contributed by atoms with Crippen LogP contribution >= 0.6 is 0 Å². The van der Waals surface area contributed by atoms with E-state index in [4.69, 9.17) is 4.74 Å². The van der Waals surface area contributed by atoms with Gasteiger partial charge in [-0.3, -0.25) is 4.79 Å². The Morgan fingerprint density at radius 3 is 2.58 bits per heavy atom. The first-order chi connectivity index (χ1) is 9.13. The Hall–Kier alpha value is -2.10. The van der Waals surface area contributed by atoms with Gasteiger partial charge in [0, 0.05) is 6.08 Å². The molecule has 0 heterocycles. The highest BCUT2D eigenvalue weighted by molar-refractivity contribution is 5.87. The predicted octanol–water partition coefficient (Wildman–Crippen LogP) is 2.44. The molecule has 0 saturated heterocycles. The van der Waals surface area contributed by atoms with Gasteiger partial charge in [-0.25, -0.2) is 4.79 Å². The minimum absolute atomic E-state index is 0.203. The van der Waals surface area contributed by atoms with E-state index in [9.17, 15) is 9.59 Å². The van der Waals surface area contributed by atoms with E-state index >= 15 is 0 Å². The molecule has 102 valence electrons. The standard InChI is InChI=1S/C15H18O4/c1-12(15(17)18-2)10-11-19-14(16)9-8-13-6-4-3-5-7-13/h3-9,12H,10-11H2,1-2H3/b9-8+. The monoisotopic (exact) mass is 262 g/mol. The van der Waals surface area contributed by atoms with Crippen molar-refractivity contribution in [3.8, 4) is 0 Å². The molecule has 19 heavy (non-hydrogen) atoms. The van der Waals surface area contributed by atoms with Crippen molar-refractivity contribution in [2.45, 2.75) is 13.3 Å². The van der Waals surface area contributed by atoms with E-state index in [2.05, 4.69) is 4.74 Å². The Bertz CT molecular complexity index is 437. The molecule has 1 aromatic carbocycles. The molecule has 1 rings (SSSR count). The first kappa shape index (κ1) is 15.0. The van der Waals surface area contributed by atoms with Crippen LogP contribution in [-0.2, 0) is 19.1 Å². The zero-order valence-electron chi connectivity index (χ0n) is 11.2. The van der Waals surface area contributed by atoms with Gasteiger partial charge in [-0.05, 0) is 18.1 Å². The van der Waals surface area contributed by atoms with E-state index in [0.29, 0.717) is 6.42 Å². The van der Waals surface area contributed by atoms with Gasteiger partial charge in [0.1, 0.15) is 0 Å². The zero-order chi connectivity index (χ0) is 14.1. The van der Waals surface area contributed by atoms with Gasteiger partial charge >= 0.3 is 11.9 Å². The van der Waals surface area contributed by atoms with Gasteiger partial charge in [0.2, 0.25) is 0 Å². The SMILES string of the molecule is COC(=O)C(C)CCOC(=O)/C=C/c1ccccc1. The summed E-state index contributed by atoms with van der Waals surface area (Å²) in [6.45, 7) is 1.94. The highest BCUT2D eigenvalue weighted by Gasteiger charge is 2.13. The van der Waals surface area contributed by atoms with E-state index in [1.54, 1.807) is 13.0 Å². The molecule has 0 bridgehead atoms. The summed E-state index contributed by atoms with van der Waals surface area (Å²) in [6.07, 6.45) is 3.52. The summed E-state index contributed by atoms with van der Waals surface area (Å²) in [4.78, 5) is 22.5. The number of ether oxygens (including phenoxy) is 2. The Balaban J connectivity index is 2.29. The number of hydrogen-bond donors (Lipinski definition) is 0. The molecule has 0 aliphatic carbocycles. The summed E-state index contributed by atoms with van der Waals surface area (Å²) in [7, 11) is 1.34. The molecule has 0 aromatic heterocycles. The van der Waals surface area contributed by atoms with Crippen LogP contribution < -0.4 is 0 Å². The van der Waals surface area contributed by atoms with Crippen molar-refractivity contribution in [3.05, 3.63) is 42.0 Å². The lowest BCUT2D eigenvalue weighted by molar-refractivity contribution is -0.147. The number of methoxy groups -OCH3 is 1. The molecular formula is C15H18O4. The number of carbonyl (C=O) groups is 2. The third kappa shape index (κ3) is 5.86. The summed E-state index contributed by atoms with van der Waals surface area (Å²) >= 11 is 0. The van der Waals surface area contributed by atoms with Gasteiger partial charge < -0.3 is 9.47 Å². The quantitative estimate of drug-likeness (QED) is 0.583. The van der Waals surface area contributed by atoms with Gasteiger partial charge in [-0.2, -0.15) is 0 Å². The summed E-state index contributed by atoms with van der Waals surface area (Å²) in [5, 5.41) is 0. The summed E-state index contributed by atoms with van der Waals surface area (Å²) in [6, 6.07) is 9.47. The molecule has 1 atom stereocenters. The third-order valence-corrected chi connectivity index (χ3v) is 2.61. The molecule has 0 amide bonds. The predicted molar refractivity (Wildman–Crippen MR) is 72.2 cm³/mol. The molecule has 0 aliphatic rings. The number of carbonyl (C=O) groups excluding carboxylic acids is 2. The number of esters is 2. The Labute approximate surface area is 113 Å². The van der Waals surface area contributed by atoms with E-state index < -0.39 is 5.97 Å². The minimum atomic E-state index is -0.416. The van der Waals surface area contributed by atoms with Crippen molar-refractivity contribution in [2.24, 2.45) is 5.92 Å². The number of benzene rings is 1. The largest absolute Gasteiger partial charge is 0.469 e. The number of rotatable bonds is 6. The van der Waals surface area contributed by atoms with Crippen LogP contribution in [-0.4, -0.2) is 25.7 Å². The Morgan fingerprint density at radius 2 is 1.95 bits per heavy atom. The maximum atomic E-state index is 11.4. The van der Waals surface area contributed by atoms with Gasteiger partial charge in [-0.1, -0.05) is 37.3 Å². The van der Waals surface area contributed by atoms with E-state index in [1.165, 1.54) is 13.2 Å².